The molecule has 62 valence electrons. The molecule has 0 unspecified atom stereocenters. The van der Waals surface area contributed by atoms with Crippen molar-refractivity contribution in [2.45, 2.75) is 0 Å². The Hall–Kier alpha value is -0.420. The van der Waals surface area contributed by atoms with Gasteiger partial charge in [0.1, 0.15) is 5.52 Å². The number of H-pyrrole nitrogens is 1. The predicted molar refractivity (Wildman–Crippen MR) is 51.5 cm³/mol. The lowest BCUT2D eigenvalue weighted by Gasteiger charge is -1.93. The van der Waals surface area contributed by atoms with E-state index in [1.807, 2.05) is 12.1 Å². The molecule has 0 spiro atoms. The molecule has 0 aliphatic heterocycles. The maximum absolute atomic E-state index is 12.7. The lowest BCUT2D eigenvalue weighted by molar-refractivity contribution is 0.556. The van der Waals surface area contributed by atoms with Crippen LogP contribution in [0.4, 0.5) is 4.39 Å². The molecule has 2 rings (SSSR count). The molecule has 1 N–H and O–H groups in total. The number of aromatic amines is 1. The highest BCUT2D eigenvalue weighted by atomic mass is 79.9. The summed E-state index contributed by atoms with van der Waals surface area (Å²) in [6.45, 7) is 0. The average Bonchev–Trinajstić information content (AvgIpc) is 2.41. The smallest absolute Gasteiger partial charge is 0.287 e. The summed E-state index contributed by atoms with van der Waals surface area (Å²) in [7, 11) is 0. The molecule has 0 saturated heterocycles. The first-order valence-electron chi connectivity index (χ1n) is 3.17. The van der Waals surface area contributed by atoms with Crippen molar-refractivity contribution in [3.63, 3.8) is 0 Å². The summed E-state index contributed by atoms with van der Waals surface area (Å²) in [6.07, 6.45) is -0.572. The van der Waals surface area contributed by atoms with Crippen molar-refractivity contribution in [3.8, 4) is 0 Å². The van der Waals surface area contributed by atoms with Crippen molar-refractivity contribution in [3.05, 3.63) is 27.2 Å². The first-order valence-corrected chi connectivity index (χ1v) is 4.76. The van der Waals surface area contributed by atoms with Gasteiger partial charge in [-0.1, -0.05) is 0 Å². The Morgan fingerprint density at radius 1 is 1.25 bits per heavy atom. The van der Waals surface area contributed by atoms with Crippen LogP contribution in [0, 0.1) is 6.08 Å². The van der Waals surface area contributed by atoms with Gasteiger partial charge in [-0.25, -0.2) is 4.98 Å². The summed E-state index contributed by atoms with van der Waals surface area (Å²) in [4.78, 5) is 6.19. The normalized spacial score (nSPS) is 10.9. The van der Waals surface area contributed by atoms with Gasteiger partial charge in [0.15, 0.2) is 0 Å². The SMILES string of the molecule is Fc1nc2c(Br)ccc(Br)c2[nH]1. The van der Waals surface area contributed by atoms with Crippen LogP contribution in [0.3, 0.4) is 0 Å². The van der Waals surface area contributed by atoms with Crippen LogP contribution in [0.1, 0.15) is 0 Å². The lowest BCUT2D eigenvalue weighted by Crippen LogP contribution is -1.73. The zero-order valence-electron chi connectivity index (χ0n) is 5.74. The van der Waals surface area contributed by atoms with Crippen molar-refractivity contribution in [2.75, 3.05) is 0 Å². The van der Waals surface area contributed by atoms with E-state index in [-0.39, 0.29) is 0 Å². The third-order valence-electron chi connectivity index (χ3n) is 1.52. The fourth-order valence-electron chi connectivity index (χ4n) is 0.999. The Kier molecular flexibility index (Phi) is 1.92. The molecule has 0 fully saturated rings. The van der Waals surface area contributed by atoms with Crippen LogP contribution in [0.25, 0.3) is 11.0 Å². The summed E-state index contributed by atoms with van der Waals surface area (Å²) in [5, 5.41) is 0. The van der Waals surface area contributed by atoms with Gasteiger partial charge in [0.25, 0.3) is 6.08 Å². The summed E-state index contributed by atoms with van der Waals surface area (Å²) in [5.74, 6) is 0. The second-order valence-electron chi connectivity index (χ2n) is 2.28. The number of hydrogen-bond acceptors (Lipinski definition) is 1. The van der Waals surface area contributed by atoms with Gasteiger partial charge in [-0.3, -0.25) is 0 Å². The number of nitrogens with zero attached hydrogens (tertiary/aromatic N) is 1. The molecule has 5 heteroatoms. The maximum Gasteiger partial charge on any atom is 0.287 e. The number of fused-ring (bicyclic) bond motifs is 1. The van der Waals surface area contributed by atoms with Gasteiger partial charge in [-0.15, -0.1) is 0 Å². The van der Waals surface area contributed by atoms with Gasteiger partial charge in [-0.2, -0.15) is 4.39 Å². The summed E-state index contributed by atoms with van der Waals surface area (Å²) < 4.78 is 14.3. The van der Waals surface area contributed by atoms with Gasteiger partial charge in [0.05, 0.1) is 5.52 Å². The fourth-order valence-corrected chi connectivity index (χ4v) is 1.84. The third-order valence-corrected chi connectivity index (χ3v) is 2.82. The molecular formula is C7H3Br2FN2. The maximum atomic E-state index is 12.7. The molecule has 0 aliphatic carbocycles. The third kappa shape index (κ3) is 1.17. The minimum absolute atomic E-state index is 0.572. The van der Waals surface area contributed by atoms with Gasteiger partial charge in [0.2, 0.25) is 0 Å². The molecule has 0 atom stereocenters. The quantitative estimate of drug-likeness (QED) is 0.794. The van der Waals surface area contributed by atoms with Crippen molar-refractivity contribution < 1.29 is 4.39 Å². The second-order valence-corrected chi connectivity index (χ2v) is 3.99. The number of nitrogens with one attached hydrogen (secondary N) is 1. The molecule has 1 heterocycles. The molecular weight excluding hydrogens is 291 g/mol. The van der Waals surface area contributed by atoms with Crippen molar-refractivity contribution >= 4 is 42.9 Å². The standard InChI is InChI=1S/C7H3Br2FN2/c8-3-1-2-4(9)6-5(3)11-7(10)12-6/h1-2H,(H,11,12). The number of halogens is 3. The van der Waals surface area contributed by atoms with Crippen LogP contribution >= 0.6 is 31.9 Å². The molecule has 1 aromatic carbocycles. The molecule has 0 aliphatic rings. The largest absolute Gasteiger partial charge is 0.313 e. The summed E-state index contributed by atoms with van der Waals surface area (Å²) in [5.41, 5.74) is 1.27. The topological polar surface area (TPSA) is 28.7 Å². The highest BCUT2D eigenvalue weighted by Crippen LogP contribution is 2.27. The fraction of sp³-hybridized carbons (Fsp3) is 0. The molecule has 2 nitrogen and oxygen atoms in total. The number of benzene rings is 1. The number of rotatable bonds is 0. The van der Waals surface area contributed by atoms with Gasteiger partial charge in [-0.05, 0) is 44.0 Å². The molecule has 0 radical (unpaired) electrons. The Labute approximate surface area is 84.4 Å². The van der Waals surface area contributed by atoms with E-state index in [1.165, 1.54) is 0 Å². The van der Waals surface area contributed by atoms with Gasteiger partial charge >= 0.3 is 0 Å². The van der Waals surface area contributed by atoms with Gasteiger partial charge in [0, 0.05) is 8.95 Å². The molecule has 1 aromatic heterocycles. The van der Waals surface area contributed by atoms with E-state index in [0.29, 0.717) is 11.0 Å². The first kappa shape index (κ1) is 8.19. The van der Waals surface area contributed by atoms with E-state index >= 15 is 0 Å². The van der Waals surface area contributed by atoms with Gasteiger partial charge < -0.3 is 4.98 Å². The second kappa shape index (κ2) is 2.81. The van der Waals surface area contributed by atoms with Crippen LogP contribution in [-0.2, 0) is 0 Å². The van der Waals surface area contributed by atoms with E-state index in [9.17, 15) is 4.39 Å². The monoisotopic (exact) mass is 292 g/mol. The number of imidazole rings is 1. The average molecular weight is 294 g/mol. The van der Waals surface area contributed by atoms with Crippen LogP contribution in [0.2, 0.25) is 0 Å². The zero-order chi connectivity index (χ0) is 8.72. The van der Waals surface area contributed by atoms with E-state index < -0.39 is 6.08 Å². The Morgan fingerprint density at radius 3 is 2.58 bits per heavy atom. The number of aromatic nitrogens is 2. The Bertz CT molecular complexity index is 399. The molecule has 12 heavy (non-hydrogen) atoms. The molecule has 0 amide bonds. The van der Waals surface area contributed by atoms with E-state index in [4.69, 9.17) is 0 Å². The van der Waals surface area contributed by atoms with Crippen LogP contribution in [-0.4, -0.2) is 9.97 Å². The minimum atomic E-state index is -0.572. The van der Waals surface area contributed by atoms with Crippen LogP contribution in [0.15, 0.2) is 21.1 Å². The molecule has 0 bridgehead atoms. The van der Waals surface area contributed by atoms with E-state index in [2.05, 4.69) is 41.8 Å². The Morgan fingerprint density at radius 2 is 1.92 bits per heavy atom. The first-order chi connectivity index (χ1) is 5.68. The molecule has 0 saturated carbocycles. The highest BCUT2D eigenvalue weighted by molar-refractivity contribution is 9.11. The predicted octanol–water partition coefficient (Wildman–Crippen LogP) is 3.23. The van der Waals surface area contributed by atoms with Crippen molar-refractivity contribution in [1.29, 1.82) is 0 Å². The van der Waals surface area contributed by atoms with E-state index in [1.54, 1.807) is 0 Å². The van der Waals surface area contributed by atoms with Crippen molar-refractivity contribution in [1.82, 2.24) is 9.97 Å². The zero-order valence-corrected chi connectivity index (χ0v) is 8.91. The Balaban J connectivity index is 2.93. The summed E-state index contributed by atoms with van der Waals surface area (Å²) >= 11 is 6.56. The lowest BCUT2D eigenvalue weighted by atomic mass is 10.3. The summed E-state index contributed by atoms with van der Waals surface area (Å²) in [6, 6.07) is 3.64. The highest BCUT2D eigenvalue weighted by Gasteiger charge is 2.07. The number of hydrogen-bond donors (Lipinski definition) is 1. The van der Waals surface area contributed by atoms with Crippen LogP contribution < -0.4 is 0 Å². The van der Waals surface area contributed by atoms with E-state index in [0.717, 1.165) is 8.95 Å². The van der Waals surface area contributed by atoms with Crippen molar-refractivity contribution in [2.24, 2.45) is 0 Å². The van der Waals surface area contributed by atoms with Crippen LogP contribution in [0.5, 0.6) is 0 Å². The minimum Gasteiger partial charge on any atom is -0.313 e. The molecule has 2 aromatic rings.